The van der Waals surface area contributed by atoms with E-state index >= 15 is 0 Å². The zero-order valence-electron chi connectivity index (χ0n) is 21.0. The Hall–Kier alpha value is -3.56. The highest BCUT2D eigenvalue weighted by molar-refractivity contribution is 9.10. The van der Waals surface area contributed by atoms with Crippen LogP contribution in [0, 0.1) is 18.7 Å². The molecule has 194 valence electrons. The van der Waals surface area contributed by atoms with E-state index in [0.29, 0.717) is 26.7 Å². The molecule has 2 atom stereocenters. The number of carbonyl (C=O) groups excluding carboxylic acids is 1. The lowest BCUT2D eigenvalue weighted by Gasteiger charge is -2.27. The summed E-state index contributed by atoms with van der Waals surface area (Å²) >= 11 is 9.11. The average Bonchev–Trinajstić information content (AvgIpc) is 3.50. The Kier molecular flexibility index (Phi) is 7.32. The molecule has 3 heterocycles. The summed E-state index contributed by atoms with van der Waals surface area (Å²) in [5.74, 6) is 0.478. The number of pyridine rings is 1. The van der Waals surface area contributed by atoms with Crippen molar-refractivity contribution < 1.29 is 13.6 Å². The van der Waals surface area contributed by atoms with Crippen molar-refractivity contribution in [3.05, 3.63) is 100 Å². The minimum absolute atomic E-state index is 0.0457. The fraction of sp³-hybridized carbons (Fsp3) is 0.207. The molecule has 0 spiro atoms. The van der Waals surface area contributed by atoms with Gasteiger partial charge in [-0.25, -0.2) is 4.39 Å². The second kappa shape index (κ2) is 10.7. The molecule has 38 heavy (non-hydrogen) atoms. The van der Waals surface area contributed by atoms with Gasteiger partial charge in [-0.3, -0.25) is 9.78 Å². The number of nitrogens with zero attached hydrogens (tertiary/aromatic N) is 2. The number of benzene rings is 2. The summed E-state index contributed by atoms with van der Waals surface area (Å²) in [6, 6.07) is 19.3. The Morgan fingerprint density at radius 1 is 1.16 bits per heavy atom. The van der Waals surface area contributed by atoms with Crippen LogP contribution >= 0.6 is 28.1 Å². The first-order chi connectivity index (χ1) is 18.2. The molecule has 0 radical (unpaired) electrons. The van der Waals surface area contributed by atoms with Crippen molar-refractivity contribution in [2.24, 2.45) is 5.92 Å². The number of amides is 1. The molecule has 1 aliphatic heterocycles. The molecular weight excluding hydrogens is 567 g/mol. The second-order valence-electron chi connectivity index (χ2n) is 9.47. The molecule has 6 nitrogen and oxygen atoms in total. The Labute approximate surface area is 234 Å². The third-order valence-electron chi connectivity index (χ3n) is 6.48. The highest BCUT2D eigenvalue weighted by Crippen LogP contribution is 2.43. The van der Waals surface area contributed by atoms with Crippen LogP contribution in [-0.4, -0.2) is 16.0 Å². The molecule has 5 rings (SSSR count). The maximum atomic E-state index is 14.7. The van der Waals surface area contributed by atoms with Crippen molar-refractivity contribution in [2.45, 2.75) is 32.9 Å². The molecule has 1 aliphatic rings. The van der Waals surface area contributed by atoms with Gasteiger partial charge in [0, 0.05) is 28.0 Å². The van der Waals surface area contributed by atoms with Crippen molar-refractivity contribution in [1.29, 1.82) is 0 Å². The van der Waals surface area contributed by atoms with Gasteiger partial charge in [-0.15, -0.1) is 0 Å². The Bertz CT molecular complexity index is 1510. The largest absolute Gasteiger partial charge is 0.459 e. The van der Waals surface area contributed by atoms with Gasteiger partial charge in [-0.1, -0.05) is 35.8 Å². The lowest BCUT2D eigenvalue weighted by molar-refractivity contribution is -0.118. The molecule has 2 aromatic heterocycles. The zero-order valence-corrected chi connectivity index (χ0v) is 23.4. The van der Waals surface area contributed by atoms with Crippen LogP contribution < -0.4 is 15.5 Å². The van der Waals surface area contributed by atoms with Gasteiger partial charge >= 0.3 is 0 Å². The molecule has 0 saturated carbocycles. The van der Waals surface area contributed by atoms with Gasteiger partial charge in [-0.2, -0.15) is 0 Å². The third kappa shape index (κ3) is 5.08. The molecule has 1 amide bonds. The van der Waals surface area contributed by atoms with E-state index in [1.165, 1.54) is 6.07 Å². The molecule has 0 aliphatic carbocycles. The summed E-state index contributed by atoms with van der Waals surface area (Å²) in [7, 11) is 0. The molecule has 2 N–H and O–H groups in total. The van der Waals surface area contributed by atoms with Crippen LogP contribution in [0.5, 0.6) is 0 Å². The summed E-state index contributed by atoms with van der Waals surface area (Å²) in [5, 5.41) is 6.89. The summed E-state index contributed by atoms with van der Waals surface area (Å²) < 4.78 is 21.6. The molecule has 9 heteroatoms. The SMILES string of the molecule is Cc1cc(N2C(=S)N[C@H](c3ccccn3)[C@@H]2c2ccc(-c3ccc(Br)cc3F)o2)ccc1NC(=O)C(C)C. The average molecular weight is 594 g/mol. The smallest absolute Gasteiger partial charge is 0.226 e. The number of anilines is 2. The van der Waals surface area contributed by atoms with Gasteiger partial charge in [0.15, 0.2) is 5.11 Å². The number of halogens is 2. The molecular formula is C29H26BrFN4O2S. The third-order valence-corrected chi connectivity index (χ3v) is 7.29. The first kappa shape index (κ1) is 26.1. The van der Waals surface area contributed by atoms with Crippen LogP contribution in [0.25, 0.3) is 11.3 Å². The number of aromatic nitrogens is 1. The maximum absolute atomic E-state index is 14.7. The number of rotatable bonds is 6. The van der Waals surface area contributed by atoms with Gasteiger partial charge in [0.05, 0.1) is 17.3 Å². The molecule has 4 aromatic rings. The van der Waals surface area contributed by atoms with Crippen molar-refractivity contribution in [1.82, 2.24) is 10.3 Å². The topological polar surface area (TPSA) is 70.4 Å². The van der Waals surface area contributed by atoms with Crippen LogP contribution in [0.4, 0.5) is 15.8 Å². The number of hydrogen-bond acceptors (Lipinski definition) is 4. The van der Waals surface area contributed by atoms with E-state index in [9.17, 15) is 9.18 Å². The van der Waals surface area contributed by atoms with E-state index in [1.807, 2.05) is 68.1 Å². The van der Waals surface area contributed by atoms with E-state index < -0.39 is 0 Å². The minimum Gasteiger partial charge on any atom is -0.459 e. The number of aryl methyl sites for hydroxylation is 1. The highest BCUT2D eigenvalue weighted by atomic mass is 79.9. The number of hydrogen-bond donors (Lipinski definition) is 2. The lowest BCUT2D eigenvalue weighted by Crippen LogP contribution is -2.29. The quantitative estimate of drug-likeness (QED) is 0.228. The van der Waals surface area contributed by atoms with Crippen LogP contribution in [0.2, 0.25) is 0 Å². The minimum atomic E-state index is -0.389. The van der Waals surface area contributed by atoms with E-state index in [0.717, 1.165) is 22.6 Å². The number of thiocarbonyl (C=S) groups is 1. The Morgan fingerprint density at radius 3 is 2.66 bits per heavy atom. The number of furan rings is 1. The first-order valence-electron chi connectivity index (χ1n) is 12.2. The van der Waals surface area contributed by atoms with E-state index in [-0.39, 0.29) is 29.7 Å². The summed E-state index contributed by atoms with van der Waals surface area (Å²) in [6.07, 6.45) is 1.74. The lowest BCUT2D eigenvalue weighted by atomic mass is 10.0. The molecule has 0 unspecified atom stereocenters. The van der Waals surface area contributed by atoms with Gasteiger partial charge in [0.25, 0.3) is 0 Å². The van der Waals surface area contributed by atoms with Crippen LogP contribution in [-0.2, 0) is 4.79 Å². The van der Waals surface area contributed by atoms with Crippen molar-refractivity contribution >= 4 is 50.5 Å². The van der Waals surface area contributed by atoms with Crippen molar-refractivity contribution in [3.63, 3.8) is 0 Å². The van der Waals surface area contributed by atoms with Gasteiger partial charge in [0.1, 0.15) is 23.4 Å². The summed E-state index contributed by atoms with van der Waals surface area (Å²) in [4.78, 5) is 18.8. The number of nitrogens with one attached hydrogen (secondary N) is 2. The second-order valence-corrected chi connectivity index (χ2v) is 10.8. The Morgan fingerprint density at radius 2 is 1.97 bits per heavy atom. The fourth-order valence-electron chi connectivity index (χ4n) is 4.48. The number of carbonyl (C=O) groups is 1. The van der Waals surface area contributed by atoms with Gasteiger partial charge < -0.3 is 20.0 Å². The van der Waals surface area contributed by atoms with Crippen molar-refractivity contribution in [2.75, 3.05) is 10.2 Å². The van der Waals surface area contributed by atoms with Crippen molar-refractivity contribution in [3.8, 4) is 11.3 Å². The van der Waals surface area contributed by atoms with E-state index in [2.05, 4.69) is 31.5 Å². The summed E-state index contributed by atoms with van der Waals surface area (Å²) in [5.41, 5.74) is 3.65. The van der Waals surface area contributed by atoms with Crippen LogP contribution in [0.3, 0.4) is 0 Å². The zero-order chi connectivity index (χ0) is 27.0. The molecule has 1 fully saturated rings. The standard InChI is InChI=1S/C29H26BrFN4O2S/c1-16(2)28(36)33-22-10-8-19(14-17(22)3)35-27(26(34-29(35)38)23-6-4-5-13-32-23)25-12-11-24(37-25)20-9-7-18(30)15-21(20)31/h4-16,26-27H,1-3H3,(H,33,36)(H,34,38)/t26-,27+/m1/s1. The Balaban J connectivity index is 1.56. The normalized spacial score (nSPS) is 17.1. The predicted octanol–water partition coefficient (Wildman–Crippen LogP) is 7.32. The van der Waals surface area contributed by atoms with E-state index in [4.69, 9.17) is 16.6 Å². The fourth-order valence-corrected chi connectivity index (χ4v) is 5.16. The van der Waals surface area contributed by atoms with Gasteiger partial charge in [-0.05, 0) is 85.4 Å². The summed E-state index contributed by atoms with van der Waals surface area (Å²) in [6.45, 7) is 5.65. The first-order valence-corrected chi connectivity index (χ1v) is 13.4. The monoisotopic (exact) mass is 592 g/mol. The van der Waals surface area contributed by atoms with E-state index in [1.54, 1.807) is 24.4 Å². The van der Waals surface area contributed by atoms with Crippen LogP contribution in [0.15, 0.2) is 81.8 Å². The molecule has 0 bridgehead atoms. The van der Waals surface area contributed by atoms with Crippen LogP contribution in [0.1, 0.15) is 42.9 Å². The molecule has 1 saturated heterocycles. The van der Waals surface area contributed by atoms with Gasteiger partial charge in [0.2, 0.25) is 5.91 Å². The molecule has 2 aromatic carbocycles. The highest BCUT2D eigenvalue weighted by Gasteiger charge is 2.42. The maximum Gasteiger partial charge on any atom is 0.226 e. The predicted molar refractivity (Wildman–Crippen MR) is 154 cm³/mol.